The molecule has 0 aliphatic carbocycles. The summed E-state index contributed by atoms with van der Waals surface area (Å²) in [7, 11) is 1.70. The zero-order chi connectivity index (χ0) is 17.8. The Morgan fingerprint density at radius 2 is 1.92 bits per heavy atom. The summed E-state index contributed by atoms with van der Waals surface area (Å²) in [5.41, 5.74) is 1.34. The highest BCUT2D eigenvalue weighted by molar-refractivity contribution is 9.10. The first-order valence-corrected chi connectivity index (χ1v) is 9.47. The van der Waals surface area contributed by atoms with Crippen molar-refractivity contribution in [3.8, 4) is 0 Å². The first-order valence-electron chi connectivity index (χ1n) is 7.69. The number of para-hydroxylation sites is 2. The Kier molecular flexibility index (Phi) is 5.55. The van der Waals surface area contributed by atoms with Crippen molar-refractivity contribution in [1.29, 1.82) is 0 Å². The molecule has 1 N–H and O–H groups in total. The first kappa shape index (κ1) is 17.7. The number of hydrogen-bond acceptors (Lipinski definition) is 4. The fraction of sp³-hybridized carbons (Fsp3) is 0.167. The number of benzene rings is 2. The summed E-state index contributed by atoms with van der Waals surface area (Å²) in [6.45, 7) is 0. The third-order valence-corrected chi connectivity index (χ3v) is 5.37. The molecule has 0 fully saturated rings. The number of nitrogens with one attached hydrogen (secondary N) is 1. The van der Waals surface area contributed by atoms with Gasteiger partial charge in [0.25, 0.3) is 5.56 Å². The third-order valence-electron chi connectivity index (χ3n) is 3.65. The van der Waals surface area contributed by atoms with Gasteiger partial charge in [0.15, 0.2) is 5.16 Å². The monoisotopic (exact) mass is 417 g/mol. The molecule has 3 rings (SSSR count). The zero-order valence-electron chi connectivity index (χ0n) is 13.5. The summed E-state index contributed by atoms with van der Waals surface area (Å²) in [6, 6.07) is 14.7. The van der Waals surface area contributed by atoms with Crippen LogP contribution in [0.4, 0.5) is 5.69 Å². The van der Waals surface area contributed by atoms with Crippen LogP contribution in [0.1, 0.15) is 6.42 Å². The lowest BCUT2D eigenvalue weighted by molar-refractivity contribution is -0.115. The number of halogens is 1. The first-order chi connectivity index (χ1) is 12.1. The van der Waals surface area contributed by atoms with Gasteiger partial charge in [0.1, 0.15) is 0 Å². The number of fused-ring (bicyclic) bond motifs is 1. The fourth-order valence-corrected chi connectivity index (χ4v) is 3.63. The predicted molar refractivity (Wildman–Crippen MR) is 105 cm³/mol. The van der Waals surface area contributed by atoms with Crippen molar-refractivity contribution in [3.05, 3.63) is 63.4 Å². The lowest BCUT2D eigenvalue weighted by Gasteiger charge is -2.09. The van der Waals surface area contributed by atoms with E-state index in [4.69, 9.17) is 0 Å². The molecule has 0 aliphatic heterocycles. The highest BCUT2D eigenvalue weighted by Crippen LogP contribution is 2.22. The number of carbonyl (C=O) groups is 1. The molecule has 0 bridgehead atoms. The molecule has 0 radical (unpaired) electrons. The van der Waals surface area contributed by atoms with Gasteiger partial charge in [-0.2, -0.15) is 0 Å². The molecular weight excluding hydrogens is 402 g/mol. The molecule has 5 nitrogen and oxygen atoms in total. The maximum atomic E-state index is 12.3. The number of hydrogen-bond donors (Lipinski definition) is 1. The number of aromatic nitrogens is 2. The van der Waals surface area contributed by atoms with Crippen molar-refractivity contribution in [2.24, 2.45) is 7.05 Å². The van der Waals surface area contributed by atoms with Crippen molar-refractivity contribution >= 4 is 50.2 Å². The van der Waals surface area contributed by atoms with Crippen molar-refractivity contribution in [3.63, 3.8) is 0 Å². The van der Waals surface area contributed by atoms with E-state index >= 15 is 0 Å². The van der Waals surface area contributed by atoms with Crippen molar-refractivity contribution in [2.75, 3.05) is 11.1 Å². The van der Waals surface area contributed by atoms with Crippen LogP contribution in [-0.2, 0) is 11.8 Å². The summed E-state index contributed by atoms with van der Waals surface area (Å²) < 4.78 is 2.37. The summed E-state index contributed by atoms with van der Waals surface area (Å²) in [4.78, 5) is 29.0. The zero-order valence-corrected chi connectivity index (χ0v) is 15.9. The molecule has 0 atom stereocenters. The van der Waals surface area contributed by atoms with E-state index in [9.17, 15) is 9.59 Å². The molecule has 1 amide bonds. The molecule has 0 saturated carbocycles. The van der Waals surface area contributed by atoms with Gasteiger partial charge in [-0.25, -0.2) is 4.98 Å². The molecular formula is C18H16BrN3O2S. The Balaban J connectivity index is 1.65. The van der Waals surface area contributed by atoms with E-state index in [-0.39, 0.29) is 11.5 Å². The summed E-state index contributed by atoms with van der Waals surface area (Å²) in [5, 5.41) is 4.07. The minimum absolute atomic E-state index is 0.0780. The van der Waals surface area contributed by atoms with Crippen LogP contribution in [-0.4, -0.2) is 21.2 Å². The molecule has 25 heavy (non-hydrogen) atoms. The quantitative estimate of drug-likeness (QED) is 0.506. The molecule has 2 aromatic carbocycles. The summed E-state index contributed by atoms with van der Waals surface area (Å²) >= 11 is 4.80. The number of carbonyl (C=O) groups excluding carboxylic acids is 1. The average molecular weight is 418 g/mol. The van der Waals surface area contributed by atoms with Gasteiger partial charge in [-0.05, 0) is 40.2 Å². The lowest BCUT2D eigenvalue weighted by atomic mass is 10.2. The second kappa shape index (κ2) is 7.84. The van der Waals surface area contributed by atoms with Crippen molar-refractivity contribution < 1.29 is 4.79 Å². The van der Waals surface area contributed by atoms with E-state index in [0.29, 0.717) is 28.2 Å². The fourth-order valence-electron chi connectivity index (χ4n) is 2.34. The van der Waals surface area contributed by atoms with Gasteiger partial charge >= 0.3 is 0 Å². The van der Waals surface area contributed by atoms with Gasteiger partial charge in [-0.3, -0.25) is 14.2 Å². The van der Waals surface area contributed by atoms with Crippen LogP contribution in [0.3, 0.4) is 0 Å². The van der Waals surface area contributed by atoms with Gasteiger partial charge in [0.05, 0.1) is 16.6 Å². The highest BCUT2D eigenvalue weighted by Gasteiger charge is 2.10. The van der Waals surface area contributed by atoms with Crippen LogP contribution in [0, 0.1) is 0 Å². The Hall–Kier alpha value is -2.12. The van der Waals surface area contributed by atoms with E-state index in [1.807, 2.05) is 42.5 Å². The van der Waals surface area contributed by atoms with Crippen LogP contribution >= 0.6 is 27.7 Å². The molecule has 1 aromatic heterocycles. The average Bonchev–Trinajstić information content (AvgIpc) is 2.61. The Morgan fingerprint density at radius 1 is 1.20 bits per heavy atom. The van der Waals surface area contributed by atoms with Crippen LogP contribution in [0.2, 0.25) is 0 Å². The third kappa shape index (κ3) is 4.11. The lowest BCUT2D eigenvalue weighted by Crippen LogP contribution is -2.20. The van der Waals surface area contributed by atoms with E-state index in [1.54, 1.807) is 13.1 Å². The Bertz CT molecular complexity index is 987. The predicted octanol–water partition coefficient (Wildman–Crippen LogP) is 3.82. The molecule has 0 saturated heterocycles. The van der Waals surface area contributed by atoms with Crippen molar-refractivity contribution in [1.82, 2.24) is 9.55 Å². The second-order valence-electron chi connectivity index (χ2n) is 5.40. The smallest absolute Gasteiger partial charge is 0.261 e. The maximum absolute atomic E-state index is 12.3. The van der Waals surface area contributed by atoms with Gasteiger partial charge in [-0.15, -0.1) is 0 Å². The molecule has 1 heterocycles. The normalized spacial score (nSPS) is 10.8. The van der Waals surface area contributed by atoms with E-state index in [2.05, 4.69) is 26.2 Å². The molecule has 3 aromatic rings. The highest BCUT2D eigenvalue weighted by atomic mass is 79.9. The molecule has 0 unspecified atom stereocenters. The number of amides is 1. The summed E-state index contributed by atoms with van der Waals surface area (Å²) in [6.07, 6.45) is 0.328. The van der Waals surface area contributed by atoms with E-state index in [1.165, 1.54) is 16.3 Å². The minimum atomic E-state index is -0.0785. The second-order valence-corrected chi connectivity index (χ2v) is 7.32. The van der Waals surface area contributed by atoms with Gasteiger partial charge in [0.2, 0.25) is 5.91 Å². The summed E-state index contributed by atoms with van der Waals surface area (Å²) in [5.74, 6) is 0.458. The Labute approximate surface area is 157 Å². The van der Waals surface area contributed by atoms with E-state index in [0.717, 1.165) is 10.2 Å². The molecule has 0 spiro atoms. The van der Waals surface area contributed by atoms with E-state index < -0.39 is 0 Å². The Morgan fingerprint density at radius 3 is 2.72 bits per heavy atom. The SMILES string of the molecule is Cn1c(SCCC(=O)Nc2ccccc2Br)nc2ccccc2c1=O. The minimum Gasteiger partial charge on any atom is -0.325 e. The standard InChI is InChI=1S/C18H16BrN3O2S/c1-22-17(24)12-6-2-4-8-14(12)21-18(22)25-11-10-16(23)20-15-9-5-3-7-13(15)19/h2-9H,10-11H2,1H3,(H,20,23). The van der Waals surface area contributed by atoms with Crippen LogP contribution in [0.25, 0.3) is 10.9 Å². The topological polar surface area (TPSA) is 64.0 Å². The number of rotatable bonds is 5. The number of nitrogens with zero attached hydrogens (tertiary/aromatic N) is 2. The van der Waals surface area contributed by atoms with Gasteiger partial charge in [0, 0.05) is 23.7 Å². The van der Waals surface area contributed by atoms with Crippen LogP contribution in [0.15, 0.2) is 63.0 Å². The molecule has 7 heteroatoms. The number of thioether (sulfide) groups is 1. The van der Waals surface area contributed by atoms with Gasteiger partial charge in [-0.1, -0.05) is 36.0 Å². The molecule has 0 aliphatic rings. The maximum Gasteiger partial charge on any atom is 0.261 e. The number of anilines is 1. The van der Waals surface area contributed by atoms with Crippen LogP contribution < -0.4 is 10.9 Å². The van der Waals surface area contributed by atoms with Crippen LogP contribution in [0.5, 0.6) is 0 Å². The van der Waals surface area contributed by atoms with Crippen molar-refractivity contribution in [2.45, 2.75) is 11.6 Å². The largest absolute Gasteiger partial charge is 0.325 e. The molecule has 128 valence electrons. The van der Waals surface area contributed by atoms with Gasteiger partial charge < -0.3 is 5.32 Å².